The predicted octanol–water partition coefficient (Wildman–Crippen LogP) is 14.9. The van der Waals surface area contributed by atoms with Crippen LogP contribution in [0.3, 0.4) is 0 Å². The van der Waals surface area contributed by atoms with Crippen LogP contribution in [-0.2, 0) is 10.1 Å². The Morgan fingerprint density at radius 3 is 1.70 bits per heavy atom. The van der Waals surface area contributed by atoms with Crippen molar-refractivity contribution in [3.05, 3.63) is 156 Å². The fourth-order valence-electron chi connectivity index (χ4n) is 12.4. The molecule has 7 aromatic carbocycles. The third-order valence-corrected chi connectivity index (χ3v) is 26.6. The van der Waals surface area contributed by atoms with Crippen LogP contribution in [-0.4, -0.2) is 24.2 Å². The molecule has 0 unspecified atom stereocenters. The van der Waals surface area contributed by atoms with Crippen LogP contribution < -0.4 is 10.1 Å². The summed E-state index contributed by atoms with van der Waals surface area (Å²) in [6.45, 7) is 23.3. The molecule has 0 amide bonds. The van der Waals surface area contributed by atoms with Crippen LogP contribution in [0.2, 0.25) is 58.9 Å². The first-order chi connectivity index (χ1) is 27.1. The van der Waals surface area contributed by atoms with Gasteiger partial charge in [0.1, 0.15) is 0 Å². The Morgan fingerprint density at radius 1 is 0.456 bits per heavy atom. The maximum absolute atomic E-state index is 2.71. The maximum atomic E-state index is 2.71. The highest BCUT2D eigenvalue weighted by molar-refractivity contribution is 6.99. The van der Waals surface area contributed by atoms with Crippen LogP contribution in [0.4, 0.5) is 17.1 Å². The molecule has 0 saturated heterocycles. The van der Waals surface area contributed by atoms with E-state index in [1.54, 1.807) is 16.7 Å². The van der Waals surface area contributed by atoms with Crippen LogP contribution in [0.5, 0.6) is 0 Å². The van der Waals surface area contributed by atoms with Crippen molar-refractivity contribution >= 4 is 68.0 Å². The molecule has 1 saturated carbocycles. The molecule has 4 heteroatoms. The number of rotatable bonds is 6. The molecule has 3 aliphatic carbocycles. The predicted molar refractivity (Wildman–Crippen MR) is 257 cm³/mol. The van der Waals surface area contributed by atoms with E-state index >= 15 is 0 Å². The van der Waals surface area contributed by atoms with Crippen molar-refractivity contribution in [3.8, 4) is 22.3 Å². The summed E-state index contributed by atoms with van der Waals surface area (Å²) in [6.07, 6.45) is 5.05. The van der Waals surface area contributed by atoms with E-state index in [9.17, 15) is 0 Å². The lowest BCUT2D eigenvalue weighted by Gasteiger charge is -2.51. The third-order valence-electron chi connectivity index (χ3n) is 14.4. The second-order valence-electron chi connectivity index (χ2n) is 20.6. The van der Waals surface area contributed by atoms with Gasteiger partial charge in [-0.05, 0) is 110 Å². The monoisotopic (exact) mass is 791 g/mol. The third kappa shape index (κ3) is 5.15. The van der Waals surface area contributed by atoms with Crippen LogP contribution in [0.1, 0.15) is 47.9 Å². The quantitative estimate of drug-likeness (QED) is 0.152. The Balaban J connectivity index is 1.30. The first-order valence-electron chi connectivity index (χ1n) is 21.4. The summed E-state index contributed by atoms with van der Waals surface area (Å²) in [6, 6.07) is 52.8. The average molecular weight is 792 g/mol. The number of nitrogens with zero attached hydrogens (tertiary/aromatic N) is 1. The number of benzene rings is 7. The van der Waals surface area contributed by atoms with Crippen molar-refractivity contribution in [2.24, 2.45) is 0 Å². The van der Waals surface area contributed by atoms with E-state index in [0.29, 0.717) is 0 Å². The summed E-state index contributed by atoms with van der Waals surface area (Å²) in [5.41, 5.74) is 16.0. The second-order valence-corrected chi connectivity index (χ2v) is 36.6. The maximum Gasteiger partial charge on any atom is 0.0775 e. The average Bonchev–Trinajstić information content (AvgIpc) is 3.86. The molecule has 0 bridgehead atoms. The highest BCUT2D eigenvalue weighted by atomic mass is 28.4. The molecule has 1 spiro atoms. The standard InChI is InChI=1S/C53H57NSi3/c1-55(2,3)40-27-24-38(25-28-40)54(39-26-29-42-41-20-14-15-23-46(41)52(47(42)34-39)30-16-17-31-52)50-35-49-51(44-22-13-12-21-43(44)50)45-32-36-18-10-11-19-37(36)33-48(45)53(49,56(4,5)6)57(7,8)9/h10-15,18-29,32-35H,16-17,30-31H2,1-9H3. The summed E-state index contributed by atoms with van der Waals surface area (Å²) < 4.78 is 0.00826. The Morgan fingerprint density at radius 2 is 1.04 bits per heavy atom. The summed E-state index contributed by atoms with van der Waals surface area (Å²) in [5, 5.41) is 6.90. The molecule has 0 N–H and O–H groups in total. The number of anilines is 3. The second kappa shape index (κ2) is 12.5. The minimum Gasteiger partial charge on any atom is -0.310 e. The SMILES string of the molecule is C[Si](C)(C)c1ccc(N(c2ccc3c(c2)C2(CCCC2)c2ccccc2-3)c2cc3c(c4ccccc24)-c2cc4ccccc4cc2C3([Si](C)(C)C)[Si](C)(C)C)cc1. The molecule has 3 aliphatic rings. The van der Waals surface area contributed by atoms with Crippen LogP contribution >= 0.6 is 0 Å². The Labute approximate surface area is 343 Å². The molecular formula is C53H57NSi3. The molecule has 0 aromatic heterocycles. The van der Waals surface area contributed by atoms with Gasteiger partial charge in [-0.15, -0.1) is 0 Å². The van der Waals surface area contributed by atoms with Gasteiger partial charge in [-0.1, -0.05) is 174 Å². The number of hydrogen-bond acceptors (Lipinski definition) is 1. The van der Waals surface area contributed by atoms with Gasteiger partial charge < -0.3 is 4.90 Å². The molecule has 0 atom stereocenters. The minimum atomic E-state index is -1.96. The Kier molecular flexibility index (Phi) is 8.08. The Bertz CT molecular complexity index is 2740. The van der Waals surface area contributed by atoms with E-state index in [4.69, 9.17) is 0 Å². The summed E-state index contributed by atoms with van der Waals surface area (Å²) in [4.78, 5) is 2.65. The zero-order chi connectivity index (χ0) is 39.7. The molecule has 0 heterocycles. The molecular weight excluding hydrogens is 735 g/mol. The molecule has 10 rings (SSSR count). The normalized spacial score (nSPS) is 16.5. The summed E-state index contributed by atoms with van der Waals surface area (Å²) in [5.74, 6) is 0. The highest BCUT2D eigenvalue weighted by Gasteiger charge is 2.60. The molecule has 57 heavy (non-hydrogen) atoms. The van der Waals surface area contributed by atoms with Gasteiger partial charge >= 0.3 is 0 Å². The van der Waals surface area contributed by atoms with Gasteiger partial charge in [0.2, 0.25) is 0 Å². The fraction of sp³-hybridized carbons (Fsp3) is 0.283. The fourth-order valence-corrected chi connectivity index (χ4v) is 26.6. The van der Waals surface area contributed by atoms with Crippen molar-refractivity contribution in [2.45, 2.75) is 94.7 Å². The van der Waals surface area contributed by atoms with Crippen molar-refractivity contribution in [1.82, 2.24) is 0 Å². The highest BCUT2D eigenvalue weighted by Crippen LogP contribution is 2.62. The van der Waals surface area contributed by atoms with Gasteiger partial charge in [0.15, 0.2) is 0 Å². The van der Waals surface area contributed by atoms with Gasteiger partial charge in [0.25, 0.3) is 0 Å². The molecule has 0 radical (unpaired) electrons. The largest absolute Gasteiger partial charge is 0.310 e. The van der Waals surface area contributed by atoms with E-state index < -0.39 is 24.2 Å². The van der Waals surface area contributed by atoms with E-state index in [2.05, 4.69) is 197 Å². The summed E-state index contributed by atoms with van der Waals surface area (Å²) in [7, 11) is -5.42. The first kappa shape index (κ1) is 36.8. The van der Waals surface area contributed by atoms with Crippen LogP contribution in [0.15, 0.2) is 133 Å². The number of hydrogen-bond donors (Lipinski definition) is 0. The lowest BCUT2D eigenvalue weighted by molar-refractivity contribution is 0.550. The van der Waals surface area contributed by atoms with Crippen molar-refractivity contribution in [1.29, 1.82) is 0 Å². The first-order valence-corrected chi connectivity index (χ1v) is 31.9. The smallest absolute Gasteiger partial charge is 0.0775 e. The van der Waals surface area contributed by atoms with E-state index in [1.165, 1.54) is 97.3 Å². The van der Waals surface area contributed by atoms with Crippen molar-refractivity contribution in [2.75, 3.05) is 4.90 Å². The van der Waals surface area contributed by atoms with Gasteiger partial charge in [0.05, 0.1) is 29.9 Å². The van der Waals surface area contributed by atoms with E-state index in [-0.39, 0.29) is 10.1 Å². The topological polar surface area (TPSA) is 3.24 Å². The summed E-state index contributed by atoms with van der Waals surface area (Å²) >= 11 is 0. The zero-order valence-electron chi connectivity index (χ0n) is 35.5. The zero-order valence-corrected chi connectivity index (χ0v) is 38.5. The van der Waals surface area contributed by atoms with Gasteiger partial charge in [0, 0.05) is 26.8 Å². The van der Waals surface area contributed by atoms with Gasteiger partial charge in [-0.25, -0.2) is 0 Å². The number of fused-ring (bicyclic) bond motifs is 11. The van der Waals surface area contributed by atoms with Crippen molar-refractivity contribution < 1.29 is 0 Å². The van der Waals surface area contributed by atoms with Crippen LogP contribution in [0, 0.1) is 0 Å². The molecule has 1 fully saturated rings. The van der Waals surface area contributed by atoms with E-state index in [1.807, 2.05) is 0 Å². The van der Waals surface area contributed by atoms with Gasteiger partial charge in [-0.3, -0.25) is 0 Å². The molecule has 1 nitrogen and oxygen atoms in total. The lowest BCUT2D eigenvalue weighted by Crippen LogP contribution is -2.63. The van der Waals surface area contributed by atoms with Crippen molar-refractivity contribution in [3.63, 3.8) is 0 Å². The molecule has 286 valence electrons. The molecule has 0 aliphatic heterocycles. The molecule has 7 aromatic rings. The van der Waals surface area contributed by atoms with Crippen LogP contribution in [0.25, 0.3) is 43.8 Å². The lowest BCUT2D eigenvalue weighted by atomic mass is 9.76. The van der Waals surface area contributed by atoms with E-state index in [0.717, 1.165) is 0 Å². The Hall–Kier alpha value is -4.49. The van der Waals surface area contributed by atoms with Gasteiger partial charge in [-0.2, -0.15) is 0 Å². The minimum absolute atomic E-state index is 0.00826.